The third kappa shape index (κ3) is 1.06. The second-order valence-electron chi connectivity index (χ2n) is 2.68. The van der Waals surface area contributed by atoms with Crippen LogP contribution in [0.2, 0.25) is 0 Å². The monoisotopic (exact) mass is 224 g/mol. The van der Waals surface area contributed by atoms with Crippen LogP contribution in [0, 0.1) is 0 Å². The number of fused-ring (bicyclic) bond motifs is 1. The molecule has 0 aliphatic carbocycles. The molecule has 1 aromatic heterocycles. The molecular weight excluding hydrogens is 216 g/mol. The van der Waals surface area contributed by atoms with Crippen LogP contribution in [0.4, 0.5) is 0 Å². The van der Waals surface area contributed by atoms with Crippen LogP contribution in [0.3, 0.4) is 0 Å². The van der Waals surface area contributed by atoms with Crippen LogP contribution in [-0.4, -0.2) is 4.98 Å². The van der Waals surface area contributed by atoms with E-state index < -0.39 is 0 Å². The van der Waals surface area contributed by atoms with Crippen LogP contribution in [0.1, 0.15) is 5.56 Å². The normalized spacial score (nSPS) is 10.8. The van der Waals surface area contributed by atoms with Gasteiger partial charge < -0.3 is 10.7 Å². The minimum Gasteiger partial charge on any atom is -0.361 e. The van der Waals surface area contributed by atoms with E-state index in [2.05, 4.69) is 20.9 Å². The number of nitrogens with two attached hydrogens (primary N) is 1. The zero-order valence-corrected chi connectivity index (χ0v) is 8.06. The summed E-state index contributed by atoms with van der Waals surface area (Å²) < 4.78 is 1.10. The van der Waals surface area contributed by atoms with Crippen molar-refractivity contribution in [2.24, 2.45) is 5.73 Å². The van der Waals surface area contributed by atoms with Crippen molar-refractivity contribution in [1.29, 1.82) is 0 Å². The average Bonchev–Trinajstić information content (AvgIpc) is 2.53. The summed E-state index contributed by atoms with van der Waals surface area (Å²) in [7, 11) is 0. The fourth-order valence-corrected chi connectivity index (χ4v) is 1.94. The fraction of sp³-hybridized carbons (Fsp3) is 0.111. The molecule has 12 heavy (non-hydrogen) atoms. The van der Waals surface area contributed by atoms with Gasteiger partial charge in [-0.25, -0.2) is 0 Å². The highest BCUT2D eigenvalue weighted by molar-refractivity contribution is 9.10. The maximum atomic E-state index is 5.57. The predicted molar refractivity (Wildman–Crippen MR) is 53.9 cm³/mol. The van der Waals surface area contributed by atoms with E-state index in [9.17, 15) is 0 Å². The van der Waals surface area contributed by atoms with Crippen LogP contribution >= 0.6 is 15.9 Å². The zero-order chi connectivity index (χ0) is 8.55. The Labute approximate surface area is 78.9 Å². The van der Waals surface area contributed by atoms with E-state index in [4.69, 9.17) is 5.73 Å². The van der Waals surface area contributed by atoms with Crippen molar-refractivity contribution in [1.82, 2.24) is 4.98 Å². The van der Waals surface area contributed by atoms with Gasteiger partial charge in [0.15, 0.2) is 0 Å². The number of aromatic nitrogens is 1. The number of aromatic amines is 1. The first kappa shape index (κ1) is 7.83. The number of benzene rings is 1. The lowest BCUT2D eigenvalue weighted by atomic mass is 10.1. The maximum absolute atomic E-state index is 5.57. The van der Waals surface area contributed by atoms with E-state index in [0.29, 0.717) is 6.54 Å². The van der Waals surface area contributed by atoms with E-state index in [1.165, 1.54) is 5.39 Å². The van der Waals surface area contributed by atoms with Gasteiger partial charge in [0.05, 0.1) is 0 Å². The highest BCUT2D eigenvalue weighted by Gasteiger charge is 2.03. The molecule has 0 aliphatic rings. The molecule has 3 N–H and O–H groups in total. The lowest BCUT2D eigenvalue weighted by Gasteiger charge is -2.01. The van der Waals surface area contributed by atoms with Gasteiger partial charge in [0.2, 0.25) is 0 Å². The molecule has 3 heteroatoms. The standard InChI is InChI=1S/C9H9BrN2/c10-9-6(5-11)1-2-8-7(9)3-4-12-8/h1-4,12H,5,11H2. The molecule has 1 heterocycles. The molecule has 2 aromatic rings. The Morgan fingerprint density at radius 2 is 2.17 bits per heavy atom. The Hall–Kier alpha value is -0.800. The minimum absolute atomic E-state index is 0.571. The first-order valence-electron chi connectivity index (χ1n) is 3.77. The van der Waals surface area contributed by atoms with Gasteiger partial charge in [0, 0.05) is 28.1 Å². The van der Waals surface area contributed by atoms with Crippen LogP contribution in [0.5, 0.6) is 0 Å². The topological polar surface area (TPSA) is 41.8 Å². The molecule has 0 unspecified atom stereocenters. The molecular formula is C9H9BrN2. The zero-order valence-electron chi connectivity index (χ0n) is 6.47. The Balaban J connectivity index is 2.78. The molecule has 62 valence electrons. The SMILES string of the molecule is NCc1ccc2[nH]ccc2c1Br. The molecule has 0 saturated heterocycles. The molecule has 2 rings (SSSR count). The number of halogens is 1. The fourth-order valence-electron chi connectivity index (χ4n) is 1.30. The van der Waals surface area contributed by atoms with Crippen LogP contribution in [0.25, 0.3) is 10.9 Å². The van der Waals surface area contributed by atoms with Gasteiger partial charge in [-0.2, -0.15) is 0 Å². The van der Waals surface area contributed by atoms with Gasteiger partial charge in [-0.15, -0.1) is 0 Å². The molecule has 0 amide bonds. The molecule has 0 radical (unpaired) electrons. The Morgan fingerprint density at radius 1 is 1.33 bits per heavy atom. The van der Waals surface area contributed by atoms with Crippen molar-refractivity contribution in [2.45, 2.75) is 6.54 Å². The smallest absolute Gasteiger partial charge is 0.0465 e. The lowest BCUT2D eigenvalue weighted by Crippen LogP contribution is -1.96. The first-order chi connectivity index (χ1) is 5.83. The summed E-state index contributed by atoms with van der Waals surface area (Å²) in [6.45, 7) is 0.571. The summed E-state index contributed by atoms with van der Waals surface area (Å²) in [6, 6.07) is 6.11. The van der Waals surface area contributed by atoms with Gasteiger partial charge in [0.25, 0.3) is 0 Å². The maximum Gasteiger partial charge on any atom is 0.0465 e. The molecule has 0 atom stereocenters. The highest BCUT2D eigenvalue weighted by atomic mass is 79.9. The van der Waals surface area contributed by atoms with Gasteiger partial charge in [-0.1, -0.05) is 6.07 Å². The van der Waals surface area contributed by atoms with Crippen molar-refractivity contribution in [2.75, 3.05) is 0 Å². The molecule has 0 saturated carbocycles. The third-order valence-corrected chi connectivity index (χ3v) is 2.90. The van der Waals surface area contributed by atoms with Crippen LogP contribution in [0.15, 0.2) is 28.9 Å². The van der Waals surface area contributed by atoms with E-state index in [1.807, 2.05) is 24.4 Å². The molecule has 2 nitrogen and oxygen atoms in total. The first-order valence-corrected chi connectivity index (χ1v) is 4.57. The molecule has 0 bridgehead atoms. The Bertz CT molecular complexity index is 406. The van der Waals surface area contributed by atoms with Gasteiger partial charge >= 0.3 is 0 Å². The summed E-state index contributed by atoms with van der Waals surface area (Å²) in [5.74, 6) is 0. The van der Waals surface area contributed by atoms with Crippen molar-refractivity contribution >= 4 is 26.8 Å². The van der Waals surface area contributed by atoms with E-state index in [-0.39, 0.29) is 0 Å². The highest BCUT2D eigenvalue weighted by Crippen LogP contribution is 2.26. The Morgan fingerprint density at radius 3 is 2.92 bits per heavy atom. The number of rotatable bonds is 1. The summed E-state index contributed by atoms with van der Waals surface area (Å²) in [5.41, 5.74) is 7.85. The van der Waals surface area contributed by atoms with Gasteiger partial charge in [0.1, 0.15) is 0 Å². The third-order valence-electron chi connectivity index (χ3n) is 1.97. The molecule has 0 fully saturated rings. The molecule has 0 spiro atoms. The Kier molecular flexibility index (Phi) is 1.90. The van der Waals surface area contributed by atoms with Crippen molar-refractivity contribution in [3.05, 3.63) is 34.4 Å². The lowest BCUT2D eigenvalue weighted by molar-refractivity contribution is 1.07. The van der Waals surface area contributed by atoms with Gasteiger partial charge in [-0.3, -0.25) is 0 Å². The van der Waals surface area contributed by atoms with Crippen LogP contribution < -0.4 is 5.73 Å². The quantitative estimate of drug-likeness (QED) is 0.768. The average molecular weight is 225 g/mol. The number of nitrogens with one attached hydrogen (secondary N) is 1. The summed E-state index contributed by atoms with van der Waals surface area (Å²) in [4.78, 5) is 3.14. The van der Waals surface area contributed by atoms with E-state index in [1.54, 1.807) is 0 Å². The summed E-state index contributed by atoms with van der Waals surface area (Å²) >= 11 is 3.52. The second-order valence-corrected chi connectivity index (χ2v) is 3.47. The number of H-pyrrole nitrogens is 1. The minimum atomic E-state index is 0.571. The summed E-state index contributed by atoms with van der Waals surface area (Å²) in [5, 5.41) is 1.19. The van der Waals surface area contributed by atoms with E-state index in [0.717, 1.165) is 15.6 Å². The van der Waals surface area contributed by atoms with Crippen LogP contribution in [-0.2, 0) is 6.54 Å². The number of hydrogen-bond donors (Lipinski definition) is 2. The predicted octanol–water partition coefficient (Wildman–Crippen LogP) is 2.39. The molecule has 1 aromatic carbocycles. The largest absolute Gasteiger partial charge is 0.361 e. The number of hydrogen-bond acceptors (Lipinski definition) is 1. The van der Waals surface area contributed by atoms with E-state index >= 15 is 0 Å². The summed E-state index contributed by atoms with van der Waals surface area (Å²) in [6.07, 6.45) is 1.93. The van der Waals surface area contributed by atoms with Crippen molar-refractivity contribution < 1.29 is 0 Å². The van der Waals surface area contributed by atoms with Crippen molar-refractivity contribution in [3.8, 4) is 0 Å². The molecule has 0 aliphatic heterocycles. The second kappa shape index (κ2) is 2.92. The van der Waals surface area contributed by atoms with Gasteiger partial charge in [-0.05, 0) is 33.6 Å². The van der Waals surface area contributed by atoms with Crippen molar-refractivity contribution in [3.63, 3.8) is 0 Å².